The molecule has 2 N–H and O–H groups in total. The fourth-order valence-electron chi connectivity index (χ4n) is 2.25. The standard InChI is InChI=1S/C19H19F2N3O4/c1-11(8-18(25)22-16-7-4-12(20)9-15(16)21)23-24-19(26)14-6-5-13(27-2)10-17(14)28-3/h4-7,9-10H,8H2,1-3H3,(H,22,25)(H,24,26)/b23-11+. The number of halogens is 2. The summed E-state index contributed by atoms with van der Waals surface area (Å²) in [5.74, 6) is -1.91. The molecular formula is C19H19F2N3O4. The molecule has 0 radical (unpaired) electrons. The van der Waals surface area contributed by atoms with Crippen LogP contribution in [-0.4, -0.2) is 31.7 Å². The Kier molecular flexibility index (Phi) is 7.02. The number of amides is 2. The number of carbonyl (C=O) groups excluding carboxylic acids is 2. The highest BCUT2D eigenvalue weighted by atomic mass is 19.1. The lowest BCUT2D eigenvalue weighted by molar-refractivity contribution is -0.115. The van der Waals surface area contributed by atoms with Crippen molar-refractivity contribution in [3.05, 3.63) is 53.6 Å². The highest BCUT2D eigenvalue weighted by Crippen LogP contribution is 2.24. The molecule has 7 nitrogen and oxygen atoms in total. The van der Waals surface area contributed by atoms with Gasteiger partial charge in [0.25, 0.3) is 5.91 Å². The summed E-state index contributed by atoms with van der Waals surface area (Å²) >= 11 is 0. The summed E-state index contributed by atoms with van der Waals surface area (Å²) < 4.78 is 36.6. The number of hydrazone groups is 1. The van der Waals surface area contributed by atoms with Crippen LogP contribution in [0.2, 0.25) is 0 Å². The summed E-state index contributed by atoms with van der Waals surface area (Å²) in [6.07, 6.45) is -0.198. The SMILES string of the molecule is COc1ccc(C(=O)N/N=C(\C)CC(=O)Nc2ccc(F)cc2F)c(OC)c1. The Morgan fingerprint density at radius 3 is 2.46 bits per heavy atom. The number of methoxy groups -OCH3 is 2. The Hall–Kier alpha value is -3.49. The van der Waals surface area contributed by atoms with Crippen molar-refractivity contribution >= 4 is 23.2 Å². The molecule has 148 valence electrons. The molecule has 0 saturated heterocycles. The van der Waals surface area contributed by atoms with Gasteiger partial charge in [0.1, 0.15) is 23.1 Å². The van der Waals surface area contributed by atoms with Gasteiger partial charge in [-0.1, -0.05) is 0 Å². The quantitative estimate of drug-likeness (QED) is 0.561. The molecule has 0 saturated carbocycles. The maximum absolute atomic E-state index is 13.6. The van der Waals surface area contributed by atoms with Crippen LogP contribution in [0.3, 0.4) is 0 Å². The maximum atomic E-state index is 13.6. The molecule has 0 bridgehead atoms. The van der Waals surface area contributed by atoms with Crippen molar-refractivity contribution in [3.8, 4) is 11.5 Å². The van der Waals surface area contributed by atoms with Crippen LogP contribution in [0.15, 0.2) is 41.5 Å². The first-order valence-electron chi connectivity index (χ1n) is 8.14. The zero-order valence-electron chi connectivity index (χ0n) is 15.5. The first kappa shape index (κ1) is 20.8. The molecule has 28 heavy (non-hydrogen) atoms. The average Bonchev–Trinajstić information content (AvgIpc) is 2.67. The molecule has 0 aliphatic heterocycles. The van der Waals surface area contributed by atoms with E-state index in [0.29, 0.717) is 17.6 Å². The molecule has 2 amide bonds. The van der Waals surface area contributed by atoms with Crippen LogP contribution in [0.4, 0.5) is 14.5 Å². The monoisotopic (exact) mass is 391 g/mol. The molecule has 0 heterocycles. The summed E-state index contributed by atoms with van der Waals surface area (Å²) in [5, 5.41) is 6.16. The van der Waals surface area contributed by atoms with Gasteiger partial charge in [-0.2, -0.15) is 5.10 Å². The first-order valence-corrected chi connectivity index (χ1v) is 8.14. The van der Waals surface area contributed by atoms with Crippen molar-refractivity contribution in [2.24, 2.45) is 5.10 Å². The van der Waals surface area contributed by atoms with Gasteiger partial charge in [0, 0.05) is 17.8 Å². The fourth-order valence-corrected chi connectivity index (χ4v) is 2.25. The van der Waals surface area contributed by atoms with E-state index in [1.54, 1.807) is 12.1 Å². The highest BCUT2D eigenvalue weighted by Gasteiger charge is 2.14. The van der Waals surface area contributed by atoms with Crippen molar-refractivity contribution in [2.45, 2.75) is 13.3 Å². The van der Waals surface area contributed by atoms with E-state index in [2.05, 4.69) is 15.8 Å². The Morgan fingerprint density at radius 1 is 1.07 bits per heavy atom. The van der Waals surface area contributed by atoms with Crippen LogP contribution in [0.1, 0.15) is 23.7 Å². The van der Waals surface area contributed by atoms with Crippen molar-refractivity contribution < 1.29 is 27.8 Å². The van der Waals surface area contributed by atoms with E-state index in [4.69, 9.17) is 9.47 Å². The smallest absolute Gasteiger partial charge is 0.275 e. The Morgan fingerprint density at radius 2 is 1.82 bits per heavy atom. The zero-order chi connectivity index (χ0) is 20.7. The van der Waals surface area contributed by atoms with Crippen molar-refractivity contribution in [2.75, 3.05) is 19.5 Å². The number of nitrogens with one attached hydrogen (secondary N) is 2. The number of anilines is 1. The lowest BCUT2D eigenvalue weighted by Gasteiger charge is -2.09. The summed E-state index contributed by atoms with van der Waals surface area (Å²) in [6.45, 7) is 1.52. The number of rotatable bonds is 7. The average molecular weight is 391 g/mol. The molecule has 0 aromatic heterocycles. The predicted molar refractivity (Wildman–Crippen MR) is 99.7 cm³/mol. The van der Waals surface area contributed by atoms with Crippen LogP contribution in [0, 0.1) is 11.6 Å². The number of nitrogens with zero attached hydrogens (tertiary/aromatic N) is 1. The molecular weight excluding hydrogens is 372 g/mol. The second kappa shape index (κ2) is 9.45. The number of benzene rings is 2. The van der Waals surface area contributed by atoms with Crippen molar-refractivity contribution in [1.29, 1.82) is 0 Å². The minimum absolute atomic E-state index is 0.147. The van der Waals surface area contributed by atoms with E-state index in [0.717, 1.165) is 12.1 Å². The van der Waals surface area contributed by atoms with Gasteiger partial charge in [-0.15, -0.1) is 0 Å². The number of carbonyl (C=O) groups is 2. The van der Waals surface area contributed by atoms with Gasteiger partial charge in [0.2, 0.25) is 5.91 Å². The van der Waals surface area contributed by atoms with Crippen LogP contribution in [0.5, 0.6) is 11.5 Å². The largest absolute Gasteiger partial charge is 0.497 e. The van der Waals surface area contributed by atoms with Crippen molar-refractivity contribution in [1.82, 2.24) is 5.43 Å². The zero-order valence-corrected chi connectivity index (χ0v) is 15.5. The second-order valence-corrected chi connectivity index (χ2v) is 5.70. The van der Waals surface area contributed by atoms with Crippen molar-refractivity contribution in [3.63, 3.8) is 0 Å². The van der Waals surface area contributed by atoms with E-state index in [-0.39, 0.29) is 23.4 Å². The number of hydrogen-bond donors (Lipinski definition) is 2. The predicted octanol–water partition coefficient (Wildman–Crippen LogP) is 3.12. The van der Waals surface area contributed by atoms with Gasteiger partial charge < -0.3 is 14.8 Å². The van der Waals surface area contributed by atoms with Crippen LogP contribution in [0.25, 0.3) is 0 Å². The number of hydrogen-bond acceptors (Lipinski definition) is 5. The van der Waals surface area contributed by atoms with Crippen LogP contribution < -0.4 is 20.2 Å². The molecule has 2 rings (SSSR count). The Labute approximate surface area is 160 Å². The van der Waals surface area contributed by atoms with Crippen LogP contribution >= 0.6 is 0 Å². The molecule has 0 aliphatic carbocycles. The lowest BCUT2D eigenvalue weighted by atomic mass is 10.2. The summed E-state index contributed by atoms with van der Waals surface area (Å²) in [7, 11) is 2.91. The summed E-state index contributed by atoms with van der Waals surface area (Å²) in [4.78, 5) is 24.2. The van der Waals surface area contributed by atoms with E-state index in [1.807, 2.05) is 0 Å². The molecule has 0 unspecified atom stereocenters. The molecule has 0 fully saturated rings. The van der Waals surface area contributed by atoms with Gasteiger partial charge in [-0.05, 0) is 31.2 Å². The summed E-state index contributed by atoms with van der Waals surface area (Å²) in [6, 6.07) is 7.48. The summed E-state index contributed by atoms with van der Waals surface area (Å²) in [5.41, 5.74) is 2.69. The molecule has 2 aromatic carbocycles. The van der Waals surface area contributed by atoms with Gasteiger partial charge in [-0.25, -0.2) is 14.2 Å². The Bertz CT molecular complexity index is 916. The normalized spacial score (nSPS) is 11.0. The second-order valence-electron chi connectivity index (χ2n) is 5.70. The molecule has 9 heteroatoms. The van der Waals surface area contributed by atoms with E-state index < -0.39 is 23.4 Å². The third kappa shape index (κ3) is 5.50. The third-order valence-corrected chi connectivity index (χ3v) is 3.62. The van der Waals surface area contributed by atoms with Gasteiger partial charge >= 0.3 is 0 Å². The topological polar surface area (TPSA) is 89.0 Å². The van der Waals surface area contributed by atoms with E-state index in [9.17, 15) is 18.4 Å². The minimum atomic E-state index is -0.886. The minimum Gasteiger partial charge on any atom is -0.497 e. The molecule has 2 aromatic rings. The molecule has 0 spiro atoms. The molecule has 0 aliphatic rings. The van der Waals surface area contributed by atoms with Gasteiger partial charge in [-0.3, -0.25) is 9.59 Å². The number of ether oxygens (including phenoxy) is 2. The Balaban J connectivity index is 1.98. The first-order chi connectivity index (χ1) is 13.3. The van der Waals surface area contributed by atoms with E-state index in [1.165, 1.54) is 27.2 Å². The van der Waals surface area contributed by atoms with E-state index >= 15 is 0 Å². The third-order valence-electron chi connectivity index (χ3n) is 3.62. The molecule has 0 atom stereocenters. The fraction of sp³-hybridized carbons (Fsp3) is 0.211. The highest BCUT2D eigenvalue weighted by molar-refractivity contribution is 6.06. The maximum Gasteiger partial charge on any atom is 0.275 e. The lowest BCUT2D eigenvalue weighted by Crippen LogP contribution is -2.22. The van der Waals surface area contributed by atoms with Gasteiger partial charge in [0.05, 0.1) is 31.9 Å². The van der Waals surface area contributed by atoms with Crippen LogP contribution in [-0.2, 0) is 4.79 Å². The van der Waals surface area contributed by atoms with Gasteiger partial charge in [0.15, 0.2) is 0 Å².